The fourth-order valence-electron chi connectivity index (χ4n) is 9.21. The third-order valence-corrected chi connectivity index (χ3v) is 14.2. The largest absolute Gasteiger partial charge is 0.462 e. The van der Waals surface area contributed by atoms with Crippen LogP contribution in [-0.2, 0) is 28.6 Å². The summed E-state index contributed by atoms with van der Waals surface area (Å²) in [5.41, 5.74) is 0. The van der Waals surface area contributed by atoms with Gasteiger partial charge in [-0.2, -0.15) is 0 Å². The van der Waals surface area contributed by atoms with Gasteiger partial charge in [-0.05, 0) is 103 Å². The molecule has 0 heterocycles. The van der Waals surface area contributed by atoms with E-state index in [1.807, 2.05) is 18.2 Å². The average molecular weight is 1120 g/mol. The van der Waals surface area contributed by atoms with Gasteiger partial charge in [-0.25, -0.2) is 0 Å². The Balaban J connectivity index is 4.18. The van der Waals surface area contributed by atoms with Gasteiger partial charge in [0.05, 0.1) is 6.42 Å². The zero-order chi connectivity index (χ0) is 58.5. The van der Waals surface area contributed by atoms with Gasteiger partial charge in [0.2, 0.25) is 0 Å². The number of carbonyl (C=O) groups excluding carboxylic acids is 3. The van der Waals surface area contributed by atoms with Crippen LogP contribution < -0.4 is 0 Å². The van der Waals surface area contributed by atoms with Gasteiger partial charge in [0, 0.05) is 12.8 Å². The van der Waals surface area contributed by atoms with Crippen LogP contribution in [0.25, 0.3) is 0 Å². The first-order valence-corrected chi connectivity index (χ1v) is 33.7. The number of rotatable bonds is 60. The molecule has 81 heavy (non-hydrogen) atoms. The zero-order valence-corrected chi connectivity index (χ0v) is 52.8. The summed E-state index contributed by atoms with van der Waals surface area (Å²) in [6.07, 6.45) is 96.9. The summed E-state index contributed by atoms with van der Waals surface area (Å²) >= 11 is 0. The van der Waals surface area contributed by atoms with Gasteiger partial charge in [-0.3, -0.25) is 14.4 Å². The van der Waals surface area contributed by atoms with Crippen LogP contribution in [0.2, 0.25) is 0 Å². The van der Waals surface area contributed by atoms with Crippen molar-refractivity contribution in [3.63, 3.8) is 0 Å². The van der Waals surface area contributed by atoms with Crippen LogP contribution in [-0.4, -0.2) is 37.2 Å². The highest BCUT2D eigenvalue weighted by Crippen LogP contribution is 2.17. The Hall–Kier alpha value is -4.45. The van der Waals surface area contributed by atoms with Gasteiger partial charge in [0.15, 0.2) is 6.10 Å². The lowest BCUT2D eigenvalue weighted by molar-refractivity contribution is -0.166. The molecular weight excluding hydrogens is 997 g/mol. The molecule has 0 aromatic carbocycles. The number of hydrogen-bond acceptors (Lipinski definition) is 6. The Morgan fingerprint density at radius 1 is 0.272 bits per heavy atom. The molecule has 0 amide bonds. The second-order valence-electron chi connectivity index (χ2n) is 22.0. The van der Waals surface area contributed by atoms with Crippen molar-refractivity contribution in [3.8, 4) is 0 Å². The minimum Gasteiger partial charge on any atom is -0.462 e. The Morgan fingerprint density at radius 3 is 0.889 bits per heavy atom. The first-order valence-electron chi connectivity index (χ1n) is 33.7. The Bertz CT molecular complexity index is 1720. The van der Waals surface area contributed by atoms with Crippen molar-refractivity contribution in [3.05, 3.63) is 134 Å². The van der Waals surface area contributed by atoms with Crippen molar-refractivity contribution in [1.82, 2.24) is 0 Å². The molecule has 0 N–H and O–H groups in total. The molecule has 6 heteroatoms. The van der Waals surface area contributed by atoms with E-state index in [9.17, 15) is 14.4 Å². The summed E-state index contributed by atoms with van der Waals surface area (Å²) in [5, 5.41) is 0. The van der Waals surface area contributed by atoms with Crippen LogP contribution in [0.5, 0.6) is 0 Å². The SMILES string of the molecule is CC/C=C\C/C=C\C/C=C\C/C=C\C/C=C\CC(=O)OC(COC(=O)CC/C=C\C/C=C\C/C=C\C/C=C\CC)COC(=O)CCCCCCCCCCCCCCCCCCCCCCCCC/C=C\C/C=C\CCCCCCC. The number of ether oxygens (including phenoxy) is 3. The van der Waals surface area contributed by atoms with E-state index in [-0.39, 0.29) is 38.0 Å². The fourth-order valence-corrected chi connectivity index (χ4v) is 9.21. The topological polar surface area (TPSA) is 78.9 Å². The second kappa shape index (κ2) is 68.1. The molecule has 0 fully saturated rings. The first-order chi connectivity index (χ1) is 40.0. The van der Waals surface area contributed by atoms with Crippen molar-refractivity contribution < 1.29 is 28.6 Å². The van der Waals surface area contributed by atoms with Gasteiger partial charge >= 0.3 is 17.9 Å². The summed E-state index contributed by atoms with van der Waals surface area (Å²) < 4.78 is 16.7. The molecule has 0 saturated carbocycles. The summed E-state index contributed by atoms with van der Waals surface area (Å²) in [6, 6.07) is 0. The second-order valence-corrected chi connectivity index (χ2v) is 22.0. The van der Waals surface area contributed by atoms with Crippen LogP contribution in [0.3, 0.4) is 0 Å². The van der Waals surface area contributed by atoms with Gasteiger partial charge in [0.1, 0.15) is 13.2 Å². The lowest BCUT2D eigenvalue weighted by atomic mass is 10.0. The minimum absolute atomic E-state index is 0.0792. The Morgan fingerprint density at radius 2 is 0.543 bits per heavy atom. The number of esters is 3. The van der Waals surface area contributed by atoms with E-state index in [2.05, 4.69) is 130 Å². The molecule has 1 unspecified atom stereocenters. The molecule has 0 aromatic rings. The van der Waals surface area contributed by atoms with E-state index >= 15 is 0 Å². The van der Waals surface area contributed by atoms with Crippen LogP contribution >= 0.6 is 0 Å². The van der Waals surface area contributed by atoms with Crippen LogP contribution in [0.4, 0.5) is 0 Å². The van der Waals surface area contributed by atoms with E-state index in [4.69, 9.17) is 14.2 Å². The van der Waals surface area contributed by atoms with Gasteiger partial charge in [-0.1, -0.05) is 315 Å². The summed E-state index contributed by atoms with van der Waals surface area (Å²) in [7, 11) is 0. The molecule has 0 bridgehead atoms. The molecule has 0 rings (SSSR count). The molecule has 0 aliphatic heterocycles. The minimum atomic E-state index is -0.865. The Labute approximate surface area is 500 Å². The van der Waals surface area contributed by atoms with Crippen LogP contribution in [0.1, 0.15) is 303 Å². The third-order valence-electron chi connectivity index (χ3n) is 14.2. The predicted octanol–water partition coefficient (Wildman–Crippen LogP) is 23.3. The van der Waals surface area contributed by atoms with Crippen molar-refractivity contribution in [2.75, 3.05) is 13.2 Å². The predicted molar refractivity (Wildman–Crippen MR) is 353 cm³/mol. The summed E-state index contributed by atoms with van der Waals surface area (Å²) in [5.74, 6) is -1.15. The maximum Gasteiger partial charge on any atom is 0.310 e. The summed E-state index contributed by atoms with van der Waals surface area (Å²) in [6.45, 7) is 6.26. The maximum atomic E-state index is 12.8. The normalized spacial score (nSPS) is 13.0. The molecule has 1 atom stereocenters. The fraction of sp³-hybridized carbons (Fsp3) is 0.667. The molecule has 0 saturated heterocycles. The van der Waals surface area contributed by atoms with E-state index < -0.39 is 12.1 Å². The van der Waals surface area contributed by atoms with E-state index in [0.29, 0.717) is 19.3 Å². The monoisotopic (exact) mass is 1120 g/mol. The highest BCUT2D eigenvalue weighted by atomic mass is 16.6. The van der Waals surface area contributed by atoms with Crippen molar-refractivity contribution in [2.45, 2.75) is 309 Å². The lowest BCUT2D eigenvalue weighted by Gasteiger charge is -2.18. The molecular formula is C75H124O6. The molecule has 6 nitrogen and oxygen atoms in total. The molecule has 0 aromatic heterocycles. The quantitative estimate of drug-likeness (QED) is 0.0261. The number of unbranched alkanes of at least 4 members (excludes halogenated alkanes) is 28. The average Bonchev–Trinajstić information content (AvgIpc) is 3.46. The molecule has 460 valence electrons. The van der Waals surface area contributed by atoms with Crippen molar-refractivity contribution in [2.24, 2.45) is 0 Å². The van der Waals surface area contributed by atoms with Crippen LogP contribution in [0.15, 0.2) is 134 Å². The highest BCUT2D eigenvalue weighted by Gasteiger charge is 2.19. The van der Waals surface area contributed by atoms with E-state index in [1.54, 1.807) is 6.08 Å². The van der Waals surface area contributed by atoms with Crippen LogP contribution in [0, 0.1) is 0 Å². The lowest BCUT2D eigenvalue weighted by Crippen LogP contribution is -2.30. The van der Waals surface area contributed by atoms with Crippen molar-refractivity contribution in [1.29, 1.82) is 0 Å². The third kappa shape index (κ3) is 66.2. The number of allylic oxidation sites excluding steroid dienone is 21. The molecule has 0 spiro atoms. The smallest absolute Gasteiger partial charge is 0.310 e. The maximum absolute atomic E-state index is 12.8. The molecule has 0 aliphatic rings. The molecule has 0 aliphatic carbocycles. The van der Waals surface area contributed by atoms with Crippen molar-refractivity contribution >= 4 is 17.9 Å². The zero-order valence-electron chi connectivity index (χ0n) is 52.8. The number of hydrogen-bond donors (Lipinski definition) is 0. The number of carbonyl (C=O) groups is 3. The Kier molecular flexibility index (Phi) is 64.3. The first kappa shape index (κ1) is 76.5. The highest BCUT2D eigenvalue weighted by molar-refractivity contribution is 5.72. The summed E-state index contributed by atoms with van der Waals surface area (Å²) in [4.78, 5) is 38.1. The standard InChI is InChI=1S/C75H124O6/c1-4-7-10-13-16-19-22-25-27-28-29-30-31-32-33-34-35-36-37-38-39-40-41-42-43-44-45-46-48-50-53-56-59-62-65-68-74(77)80-71-72(70-79-73(76)67-64-61-58-55-52-49-24-21-18-15-12-9-6-3)81-75(78)69-66-63-60-57-54-51-47-26-23-20-17-14-11-8-5-2/h8-9,11-12,17-18,20-22,25-26,28-29,47,49,52,54,57-58,61,63,66,72H,4-7,10,13-16,19,23-24,27,30-46,48,50-51,53,55-56,59-60,62,64-65,67-71H2,1-3H3/b11-8-,12-9-,20-17-,21-18-,25-22-,29-28-,47-26-,52-49-,57-54-,61-58-,66-63-. The van der Waals surface area contributed by atoms with Gasteiger partial charge in [-0.15, -0.1) is 0 Å². The van der Waals surface area contributed by atoms with Gasteiger partial charge < -0.3 is 14.2 Å². The van der Waals surface area contributed by atoms with Gasteiger partial charge in [0.25, 0.3) is 0 Å². The van der Waals surface area contributed by atoms with E-state index in [0.717, 1.165) is 77.0 Å². The molecule has 0 radical (unpaired) electrons. The van der Waals surface area contributed by atoms with E-state index in [1.165, 1.54) is 173 Å².